The summed E-state index contributed by atoms with van der Waals surface area (Å²) in [7, 11) is -4.30. The van der Waals surface area contributed by atoms with Crippen molar-refractivity contribution in [2.45, 2.75) is 72.4 Å². The van der Waals surface area contributed by atoms with Crippen LogP contribution >= 0.6 is 7.82 Å². The van der Waals surface area contributed by atoms with E-state index in [9.17, 15) is 23.8 Å². The summed E-state index contributed by atoms with van der Waals surface area (Å²) in [4.78, 5) is 46.2. The Morgan fingerprint density at radius 1 is 1.03 bits per heavy atom. The number of hydrogen-bond acceptors (Lipinski definition) is 7. The van der Waals surface area contributed by atoms with Crippen molar-refractivity contribution in [3.05, 3.63) is 0 Å². The third kappa shape index (κ3) is 14.4. The number of nitrogens with one attached hydrogen (secondary N) is 3. The van der Waals surface area contributed by atoms with E-state index in [1.807, 2.05) is 4.90 Å². The summed E-state index contributed by atoms with van der Waals surface area (Å²) in [5.74, 6) is -0.637. The average molecular weight is 493 g/mol. The van der Waals surface area contributed by atoms with Crippen LogP contribution < -0.4 is 16.0 Å². The van der Waals surface area contributed by atoms with Gasteiger partial charge in [-0.3, -0.25) is 28.3 Å². The van der Waals surface area contributed by atoms with E-state index in [0.717, 1.165) is 12.8 Å². The van der Waals surface area contributed by atoms with E-state index in [1.54, 1.807) is 0 Å². The van der Waals surface area contributed by atoms with Gasteiger partial charge >= 0.3 is 7.82 Å². The molecule has 11 nitrogen and oxygen atoms in total. The van der Waals surface area contributed by atoms with Crippen molar-refractivity contribution in [3.63, 3.8) is 0 Å². The fourth-order valence-corrected chi connectivity index (χ4v) is 4.71. The normalized spacial score (nSPS) is 18.9. The Morgan fingerprint density at radius 2 is 1.55 bits per heavy atom. The summed E-state index contributed by atoms with van der Waals surface area (Å²) in [6, 6.07) is -0.591. The fraction of sp³-hybridized carbons (Fsp3) is 0.857. The highest BCUT2D eigenvalue weighted by molar-refractivity contribution is 7.47. The van der Waals surface area contributed by atoms with Gasteiger partial charge in [-0.25, -0.2) is 4.57 Å². The van der Waals surface area contributed by atoms with Crippen molar-refractivity contribution in [1.29, 1.82) is 0 Å². The van der Waals surface area contributed by atoms with Crippen LogP contribution in [0.3, 0.4) is 0 Å². The Balaban J connectivity index is 2.67. The molecule has 0 saturated heterocycles. The number of rotatable bonds is 14. The zero-order valence-electron chi connectivity index (χ0n) is 20.5. The molecular weight excluding hydrogens is 451 g/mol. The third-order valence-corrected chi connectivity index (χ3v) is 6.54. The molecule has 0 radical (unpaired) electrons. The number of carbonyl (C=O) groups excluding carboxylic acids is 3. The van der Waals surface area contributed by atoms with Gasteiger partial charge in [0.05, 0.1) is 18.8 Å². The first-order chi connectivity index (χ1) is 15.3. The monoisotopic (exact) mass is 492 g/mol. The zero-order valence-corrected chi connectivity index (χ0v) is 21.4. The Bertz CT molecular complexity index is 674. The van der Waals surface area contributed by atoms with Gasteiger partial charge in [0.1, 0.15) is 0 Å². The molecule has 1 fully saturated rings. The molecule has 0 bridgehead atoms. The molecule has 33 heavy (non-hydrogen) atoms. The molecule has 12 heteroatoms. The van der Waals surface area contributed by atoms with E-state index in [1.165, 1.54) is 20.8 Å². The first-order valence-corrected chi connectivity index (χ1v) is 12.9. The van der Waals surface area contributed by atoms with Gasteiger partial charge in [-0.15, -0.1) is 0 Å². The lowest BCUT2D eigenvalue weighted by molar-refractivity contribution is -0.120. The second kappa shape index (κ2) is 14.0. The molecule has 3 amide bonds. The summed E-state index contributed by atoms with van der Waals surface area (Å²) in [6.45, 7) is 10.3. The Morgan fingerprint density at radius 3 is 2.00 bits per heavy atom. The molecule has 2 unspecified atom stereocenters. The molecule has 4 N–H and O–H groups in total. The highest BCUT2D eigenvalue weighted by Gasteiger charge is 2.33. The average Bonchev–Trinajstić information content (AvgIpc) is 2.66. The van der Waals surface area contributed by atoms with Crippen LogP contribution in [0.5, 0.6) is 0 Å². The molecule has 0 aliphatic heterocycles. The molecule has 0 spiro atoms. The lowest BCUT2D eigenvalue weighted by Crippen LogP contribution is -2.49. The van der Waals surface area contributed by atoms with Gasteiger partial charge in [-0.05, 0) is 31.1 Å². The molecule has 1 aliphatic rings. The number of phosphoric ester groups is 1. The molecule has 0 heterocycles. The van der Waals surface area contributed by atoms with Crippen molar-refractivity contribution in [2.24, 2.45) is 5.41 Å². The first kappa shape index (κ1) is 29.5. The predicted octanol–water partition coefficient (Wildman–Crippen LogP) is 1.17. The maximum absolute atomic E-state index is 12.5. The Hall–Kier alpha value is -1.52. The van der Waals surface area contributed by atoms with Gasteiger partial charge in [-0.1, -0.05) is 13.8 Å². The van der Waals surface area contributed by atoms with E-state index in [0.29, 0.717) is 39.0 Å². The molecule has 192 valence electrons. The van der Waals surface area contributed by atoms with Gasteiger partial charge < -0.3 is 20.8 Å². The summed E-state index contributed by atoms with van der Waals surface area (Å²) in [6.07, 6.45) is 2.86. The van der Waals surface area contributed by atoms with Crippen LogP contribution in [0, 0.1) is 5.41 Å². The van der Waals surface area contributed by atoms with E-state index in [4.69, 9.17) is 9.05 Å². The fourth-order valence-electron chi connectivity index (χ4n) is 3.69. The quantitative estimate of drug-likeness (QED) is 0.264. The third-order valence-electron chi connectivity index (χ3n) is 5.50. The van der Waals surface area contributed by atoms with Crippen molar-refractivity contribution in [1.82, 2.24) is 20.9 Å². The summed E-state index contributed by atoms with van der Waals surface area (Å²) in [5.41, 5.74) is 0.203. The summed E-state index contributed by atoms with van der Waals surface area (Å²) < 4.78 is 23.1. The molecular formula is C21H41N4O7P. The predicted molar refractivity (Wildman–Crippen MR) is 124 cm³/mol. The number of carbonyl (C=O) groups is 3. The van der Waals surface area contributed by atoms with Crippen LogP contribution in [0.1, 0.15) is 60.3 Å². The number of nitrogens with zero attached hydrogens (tertiary/aromatic N) is 1. The van der Waals surface area contributed by atoms with Gasteiger partial charge in [0.15, 0.2) is 0 Å². The Labute approximate surface area is 196 Å². The standard InChI is InChI=1S/C21H41N4O7P/c1-16(26)22-10-12-25(13-11-23-17(2)27)14-19(24-18(3)28)15-31-33(29,30)32-20-6-8-21(4,5)9-7-20/h19-20H,6-15H2,1-5H3,(H,22,26)(H,23,27)(H,24,28)(H,29,30). The highest BCUT2D eigenvalue weighted by atomic mass is 31.2. The van der Waals surface area contributed by atoms with Crippen molar-refractivity contribution in [2.75, 3.05) is 39.3 Å². The molecule has 1 rings (SSSR count). The topological polar surface area (TPSA) is 146 Å². The van der Waals surface area contributed by atoms with Crippen LogP contribution in [0.2, 0.25) is 0 Å². The van der Waals surface area contributed by atoms with Crippen LogP contribution in [0.25, 0.3) is 0 Å². The maximum Gasteiger partial charge on any atom is 0.472 e. The molecule has 0 aromatic rings. The van der Waals surface area contributed by atoms with Gasteiger partial charge in [0, 0.05) is 53.5 Å². The van der Waals surface area contributed by atoms with E-state index in [2.05, 4.69) is 29.8 Å². The second-order valence-electron chi connectivity index (χ2n) is 9.40. The van der Waals surface area contributed by atoms with Gasteiger partial charge in [0.25, 0.3) is 0 Å². The van der Waals surface area contributed by atoms with Crippen LogP contribution in [0.15, 0.2) is 0 Å². The van der Waals surface area contributed by atoms with E-state index < -0.39 is 13.9 Å². The SMILES string of the molecule is CC(=O)NCCN(CCNC(C)=O)CC(COP(=O)(O)OC1CCC(C)(C)CC1)NC(C)=O. The van der Waals surface area contributed by atoms with Crippen LogP contribution in [-0.2, 0) is 28.0 Å². The minimum Gasteiger partial charge on any atom is -0.355 e. The molecule has 1 saturated carbocycles. The number of amides is 3. The van der Waals surface area contributed by atoms with Crippen molar-refractivity contribution in [3.8, 4) is 0 Å². The molecule has 0 aromatic carbocycles. The van der Waals surface area contributed by atoms with Gasteiger partial charge in [-0.2, -0.15) is 0 Å². The smallest absolute Gasteiger partial charge is 0.355 e. The molecule has 1 aliphatic carbocycles. The van der Waals surface area contributed by atoms with E-state index in [-0.39, 0.29) is 42.4 Å². The van der Waals surface area contributed by atoms with Gasteiger partial charge in [0.2, 0.25) is 17.7 Å². The second-order valence-corrected chi connectivity index (χ2v) is 10.8. The first-order valence-electron chi connectivity index (χ1n) is 11.4. The lowest BCUT2D eigenvalue weighted by Gasteiger charge is -2.34. The molecule has 0 aromatic heterocycles. The molecule has 2 atom stereocenters. The van der Waals surface area contributed by atoms with E-state index >= 15 is 0 Å². The minimum absolute atomic E-state index is 0.164. The maximum atomic E-state index is 12.5. The minimum atomic E-state index is -4.30. The summed E-state index contributed by atoms with van der Waals surface area (Å²) in [5, 5.41) is 8.14. The van der Waals surface area contributed by atoms with Crippen molar-refractivity contribution >= 4 is 25.5 Å². The van der Waals surface area contributed by atoms with Crippen molar-refractivity contribution < 1.29 is 32.9 Å². The number of hydrogen-bond donors (Lipinski definition) is 4. The lowest BCUT2D eigenvalue weighted by atomic mass is 9.76. The number of phosphoric acid groups is 1. The highest BCUT2D eigenvalue weighted by Crippen LogP contribution is 2.48. The van der Waals surface area contributed by atoms with Crippen LogP contribution in [0.4, 0.5) is 0 Å². The Kier molecular flexibility index (Phi) is 12.5. The zero-order chi connectivity index (χ0) is 25.1. The summed E-state index contributed by atoms with van der Waals surface area (Å²) >= 11 is 0. The largest absolute Gasteiger partial charge is 0.472 e. The van der Waals surface area contributed by atoms with Crippen LogP contribution in [-0.4, -0.2) is 79.0 Å².